The predicted molar refractivity (Wildman–Crippen MR) is 133 cm³/mol. The molecule has 11 heteroatoms. The first-order chi connectivity index (χ1) is 16.5. The van der Waals surface area contributed by atoms with Gasteiger partial charge in [0.05, 0.1) is 13.0 Å². The number of rotatable bonds is 14. The number of amides is 3. The molecule has 0 saturated carbocycles. The molecule has 0 unspecified atom stereocenters. The summed E-state index contributed by atoms with van der Waals surface area (Å²) >= 11 is 0.867. The van der Waals surface area contributed by atoms with Crippen molar-refractivity contribution in [3.05, 3.63) is 29.8 Å². The fourth-order valence-electron chi connectivity index (χ4n) is 3.50. The molecule has 1 aromatic rings. The van der Waals surface area contributed by atoms with E-state index >= 15 is 0 Å². The Morgan fingerprint density at radius 1 is 1.06 bits per heavy atom. The topological polar surface area (TPSA) is 151 Å². The van der Waals surface area contributed by atoms with Crippen LogP contribution in [0.5, 0.6) is 5.75 Å². The number of carboxylic acid groups (broad SMARTS) is 1. The normalized spacial score (nSPS) is 13.3. The average molecular weight is 510 g/mol. The van der Waals surface area contributed by atoms with Crippen LogP contribution in [0.4, 0.5) is 0 Å². The van der Waals surface area contributed by atoms with Crippen molar-refractivity contribution in [3.8, 4) is 5.75 Å². The summed E-state index contributed by atoms with van der Waals surface area (Å²) in [6.07, 6.45) is 0.380. The van der Waals surface area contributed by atoms with Gasteiger partial charge in [-0.3, -0.25) is 24.0 Å². The van der Waals surface area contributed by atoms with Crippen molar-refractivity contribution in [2.24, 2.45) is 11.8 Å². The third-order valence-corrected chi connectivity index (χ3v) is 6.26. The van der Waals surface area contributed by atoms with Gasteiger partial charge < -0.3 is 25.8 Å². The zero-order chi connectivity index (χ0) is 26.5. The van der Waals surface area contributed by atoms with Crippen molar-refractivity contribution in [1.82, 2.24) is 16.0 Å². The molecule has 0 heterocycles. The van der Waals surface area contributed by atoms with E-state index in [-0.39, 0.29) is 29.8 Å². The highest BCUT2D eigenvalue weighted by molar-refractivity contribution is 8.14. The van der Waals surface area contributed by atoms with E-state index in [9.17, 15) is 24.0 Å². The van der Waals surface area contributed by atoms with Gasteiger partial charge in [0.15, 0.2) is 5.12 Å². The van der Waals surface area contributed by atoms with Crippen LogP contribution in [0.25, 0.3) is 0 Å². The van der Waals surface area contributed by atoms with Gasteiger partial charge in [-0.25, -0.2) is 0 Å². The van der Waals surface area contributed by atoms with E-state index < -0.39 is 41.5 Å². The molecule has 1 aromatic carbocycles. The fraction of sp³-hybridized carbons (Fsp3) is 0.542. The molecule has 10 nitrogen and oxygen atoms in total. The van der Waals surface area contributed by atoms with Crippen LogP contribution in [0.3, 0.4) is 0 Å². The number of likely N-dealkylation sites (N-methyl/N-ethyl adjacent to an activating group) is 1. The first-order valence-electron chi connectivity index (χ1n) is 11.3. The number of nitrogens with one attached hydrogen (secondary N) is 3. The van der Waals surface area contributed by atoms with Crippen LogP contribution in [-0.4, -0.2) is 65.9 Å². The second-order valence-electron chi connectivity index (χ2n) is 8.49. The van der Waals surface area contributed by atoms with Gasteiger partial charge in [-0.05, 0) is 30.0 Å². The first-order valence-corrected chi connectivity index (χ1v) is 12.1. The highest BCUT2D eigenvalue weighted by Gasteiger charge is 2.34. The van der Waals surface area contributed by atoms with E-state index in [4.69, 9.17) is 9.84 Å². The second-order valence-corrected chi connectivity index (χ2v) is 9.90. The van der Waals surface area contributed by atoms with Gasteiger partial charge in [0, 0.05) is 32.1 Å². The first kappa shape index (κ1) is 30.0. The summed E-state index contributed by atoms with van der Waals surface area (Å²) in [5, 5.41) is 15.4. The molecule has 4 N–H and O–H groups in total. The summed E-state index contributed by atoms with van der Waals surface area (Å²) in [6.45, 7) is 4.60. The number of thioether (sulfide) groups is 1. The highest BCUT2D eigenvalue weighted by atomic mass is 32.2. The summed E-state index contributed by atoms with van der Waals surface area (Å²) in [5.41, 5.74) is 0.808. The minimum absolute atomic E-state index is 0.0583. The zero-order valence-corrected chi connectivity index (χ0v) is 21.6. The van der Waals surface area contributed by atoms with Gasteiger partial charge in [0.25, 0.3) is 0 Å². The lowest BCUT2D eigenvalue weighted by molar-refractivity contribution is -0.138. The summed E-state index contributed by atoms with van der Waals surface area (Å²) < 4.78 is 5.15. The SMILES string of the molecule is CNC(=O)[C@H](Cc1ccc(OC)cc1)NC(=O)[C@H](CC(C)C)[C@H](CC(=O)NCC(=O)O)SC(C)=O. The van der Waals surface area contributed by atoms with Gasteiger partial charge in [0.1, 0.15) is 18.3 Å². The van der Waals surface area contributed by atoms with E-state index in [1.165, 1.54) is 14.0 Å². The number of carbonyl (C=O) groups excluding carboxylic acids is 4. The van der Waals surface area contributed by atoms with Crippen LogP contribution in [0.1, 0.15) is 39.2 Å². The van der Waals surface area contributed by atoms with Crippen molar-refractivity contribution in [2.45, 2.75) is 51.3 Å². The minimum Gasteiger partial charge on any atom is -0.497 e. The molecule has 0 saturated heterocycles. The summed E-state index contributed by atoms with van der Waals surface area (Å²) in [4.78, 5) is 61.0. The molecular weight excluding hydrogens is 474 g/mol. The molecule has 0 aliphatic heterocycles. The molecule has 3 atom stereocenters. The molecule has 35 heavy (non-hydrogen) atoms. The highest BCUT2D eigenvalue weighted by Crippen LogP contribution is 2.29. The maximum absolute atomic E-state index is 13.4. The van der Waals surface area contributed by atoms with Crippen LogP contribution in [0.2, 0.25) is 0 Å². The van der Waals surface area contributed by atoms with Crippen molar-refractivity contribution in [2.75, 3.05) is 20.7 Å². The Hall–Kier alpha value is -3.08. The summed E-state index contributed by atoms with van der Waals surface area (Å²) in [6, 6.07) is 6.24. The van der Waals surface area contributed by atoms with Gasteiger partial charge in [0.2, 0.25) is 17.7 Å². The van der Waals surface area contributed by atoms with Crippen molar-refractivity contribution in [3.63, 3.8) is 0 Å². The van der Waals surface area contributed by atoms with Crippen molar-refractivity contribution >= 4 is 40.6 Å². The Balaban J connectivity index is 3.13. The molecule has 0 aliphatic rings. The Labute approximate surface area is 209 Å². The molecule has 0 spiro atoms. The maximum atomic E-state index is 13.4. The van der Waals surface area contributed by atoms with Crippen LogP contribution < -0.4 is 20.7 Å². The second kappa shape index (κ2) is 15.0. The standard InChI is InChI=1S/C24H35N3O7S/c1-14(2)10-18(20(35-15(3)28)12-21(29)26-13-22(30)31)23(32)27-19(24(33)25-4)11-16-6-8-17(34-5)9-7-16/h6-9,14,18-20H,10-13H2,1-5H3,(H,25,33)(H,26,29)(H,27,32)(H,30,31)/t18-,19+,20+/m1/s1. The quantitative estimate of drug-likeness (QED) is 0.294. The van der Waals surface area contributed by atoms with Gasteiger partial charge in [-0.1, -0.05) is 37.7 Å². The van der Waals surface area contributed by atoms with Crippen LogP contribution in [-0.2, 0) is 30.4 Å². The van der Waals surface area contributed by atoms with E-state index in [2.05, 4.69) is 16.0 Å². The van der Waals surface area contributed by atoms with Crippen molar-refractivity contribution in [1.29, 1.82) is 0 Å². The smallest absolute Gasteiger partial charge is 0.322 e. The van der Waals surface area contributed by atoms with Gasteiger partial charge >= 0.3 is 5.97 Å². The average Bonchev–Trinajstić information content (AvgIpc) is 2.79. The molecule has 0 bridgehead atoms. The van der Waals surface area contributed by atoms with Gasteiger partial charge in [-0.2, -0.15) is 0 Å². The minimum atomic E-state index is -1.20. The number of methoxy groups -OCH3 is 1. The van der Waals surface area contributed by atoms with E-state index in [1.54, 1.807) is 31.4 Å². The maximum Gasteiger partial charge on any atom is 0.322 e. The Kier molecular flexibility index (Phi) is 12.9. The molecule has 1 rings (SSSR count). The number of hydrogen-bond donors (Lipinski definition) is 4. The molecule has 0 aromatic heterocycles. The number of carbonyl (C=O) groups is 5. The Morgan fingerprint density at radius 2 is 1.69 bits per heavy atom. The molecule has 0 aliphatic carbocycles. The lowest BCUT2D eigenvalue weighted by atomic mass is 9.90. The number of hydrogen-bond acceptors (Lipinski definition) is 7. The van der Waals surface area contributed by atoms with E-state index in [0.717, 1.165) is 17.3 Å². The number of aliphatic carboxylic acids is 1. The van der Waals surface area contributed by atoms with Crippen LogP contribution in [0, 0.1) is 11.8 Å². The monoisotopic (exact) mass is 509 g/mol. The third-order valence-electron chi connectivity index (χ3n) is 5.13. The summed E-state index contributed by atoms with van der Waals surface area (Å²) in [7, 11) is 3.02. The van der Waals surface area contributed by atoms with E-state index in [1.807, 2.05) is 13.8 Å². The molecule has 194 valence electrons. The molecule has 3 amide bonds. The zero-order valence-electron chi connectivity index (χ0n) is 20.8. The molecule has 0 fully saturated rings. The Bertz CT molecular complexity index is 890. The molecule has 0 radical (unpaired) electrons. The number of benzene rings is 1. The predicted octanol–water partition coefficient (Wildman–Crippen LogP) is 1.37. The lowest BCUT2D eigenvalue weighted by Gasteiger charge is -2.28. The van der Waals surface area contributed by atoms with Gasteiger partial charge in [-0.15, -0.1) is 0 Å². The fourth-order valence-corrected chi connectivity index (χ4v) is 4.56. The lowest BCUT2D eigenvalue weighted by Crippen LogP contribution is -2.50. The van der Waals surface area contributed by atoms with Crippen molar-refractivity contribution < 1.29 is 33.8 Å². The van der Waals surface area contributed by atoms with Crippen LogP contribution in [0.15, 0.2) is 24.3 Å². The van der Waals surface area contributed by atoms with E-state index in [0.29, 0.717) is 12.2 Å². The number of carboxylic acids is 1. The third kappa shape index (κ3) is 11.3. The van der Waals surface area contributed by atoms with Crippen LogP contribution >= 0.6 is 11.8 Å². The largest absolute Gasteiger partial charge is 0.497 e. The molecular formula is C24H35N3O7S. The number of ether oxygens (including phenoxy) is 1. The summed E-state index contributed by atoms with van der Waals surface area (Å²) in [5.74, 6) is -2.65. The Morgan fingerprint density at radius 3 is 2.17 bits per heavy atom.